The van der Waals surface area contributed by atoms with Gasteiger partial charge in [0, 0.05) is 47.5 Å². The van der Waals surface area contributed by atoms with E-state index in [-0.39, 0.29) is 40.4 Å². The third kappa shape index (κ3) is 531. The molecule has 0 bridgehead atoms. The first-order valence-electron chi connectivity index (χ1n) is 0.995. The van der Waals surface area contributed by atoms with Crippen LogP contribution in [0.15, 0.2) is 0 Å². The summed E-state index contributed by atoms with van der Waals surface area (Å²) >= 11 is 0. The molecule has 6 heteroatoms. The van der Waals surface area contributed by atoms with E-state index in [9.17, 15) is 0 Å². The van der Waals surface area contributed by atoms with Crippen LogP contribution in [0.5, 0.6) is 0 Å². The molecule has 0 aromatic carbocycles. The number of aliphatic hydroxyl groups is 1. The van der Waals surface area contributed by atoms with Gasteiger partial charge in [0.05, 0.1) is 5.09 Å². The van der Waals surface area contributed by atoms with E-state index >= 15 is 0 Å². The molecule has 0 aliphatic rings. The topological polar surface area (TPSA) is 86.4 Å². The second kappa shape index (κ2) is 16.1. The Hall–Kier alpha value is 0.498. The molecule has 0 saturated carbocycles. The second-order valence-electron chi connectivity index (χ2n) is 0.224. The molecule has 0 unspecified atom stereocenters. The Morgan fingerprint density at radius 3 is 1.43 bits per heavy atom. The fraction of sp³-hybridized carbons (Fsp3) is 1.00. The summed E-state index contributed by atoms with van der Waals surface area (Å²) in [5.74, 6) is 0. The van der Waals surface area contributed by atoms with Crippen LogP contribution in [0.1, 0.15) is 0 Å². The van der Waals surface area contributed by atoms with Crippen molar-refractivity contribution in [3.8, 4) is 0 Å². The standard InChI is InChI=1S/CH4O.NO3.Sm/c1-2;2-1(3)4;/h2H,1H3;;/q;-1;. The molecule has 0 spiro atoms. The second-order valence-corrected chi connectivity index (χ2v) is 0.224. The number of aliphatic hydroxyl groups excluding tert-OH is 1. The molecular formula is CH4NO4Sm-. The molecule has 0 aromatic heterocycles. The molecule has 0 aliphatic heterocycles. The van der Waals surface area contributed by atoms with E-state index in [4.69, 9.17) is 20.4 Å². The van der Waals surface area contributed by atoms with Gasteiger partial charge in [-0.1, -0.05) is 0 Å². The van der Waals surface area contributed by atoms with Gasteiger partial charge in [0.25, 0.3) is 0 Å². The van der Waals surface area contributed by atoms with E-state index in [0.29, 0.717) is 0 Å². The molecule has 0 atom stereocenters. The average Bonchev–Trinajstić information content (AvgIpc) is 1.41. The summed E-state index contributed by atoms with van der Waals surface area (Å²) < 4.78 is 0. The van der Waals surface area contributed by atoms with Crippen molar-refractivity contribution in [2.45, 2.75) is 0 Å². The van der Waals surface area contributed by atoms with Crippen molar-refractivity contribution >= 4 is 0 Å². The maximum atomic E-state index is 8.25. The molecule has 0 amide bonds. The summed E-state index contributed by atoms with van der Waals surface area (Å²) in [5, 5.41) is 21.8. The Balaban J connectivity index is -0.0000000480. The van der Waals surface area contributed by atoms with E-state index in [0.717, 1.165) is 7.11 Å². The van der Waals surface area contributed by atoms with Crippen molar-refractivity contribution in [1.29, 1.82) is 0 Å². The molecule has 0 saturated heterocycles. The van der Waals surface area contributed by atoms with Crippen LogP contribution in [-0.2, 0) is 0 Å². The van der Waals surface area contributed by atoms with Crippen LogP contribution in [0.3, 0.4) is 0 Å². The minimum atomic E-state index is -1.75. The normalized spacial score (nSPS) is 4.29. The number of rotatable bonds is 0. The van der Waals surface area contributed by atoms with Crippen molar-refractivity contribution in [1.82, 2.24) is 0 Å². The molecule has 0 heterocycles. The molecule has 0 aromatic rings. The fourth-order valence-corrected chi connectivity index (χ4v) is 0. The average molecular weight is 244 g/mol. The van der Waals surface area contributed by atoms with Crippen molar-refractivity contribution in [3.63, 3.8) is 0 Å². The fourth-order valence-electron chi connectivity index (χ4n) is 0. The molecule has 1 N–H and O–H groups in total. The summed E-state index contributed by atoms with van der Waals surface area (Å²) in [6.07, 6.45) is 0. The van der Waals surface area contributed by atoms with Gasteiger partial charge in [-0.25, -0.2) is 0 Å². The number of hydrogen-bond acceptors (Lipinski definition) is 4. The smallest absolute Gasteiger partial charge is 0.0689 e. The van der Waals surface area contributed by atoms with Gasteiger partial charge in [-0.3, -0.25) is 0 Å². The predicted molar refractivity (Wildman–Crippen MR) is 18.5 cm³/mol. The van der Waals surface area contributed by atoms with Gasteiger partial charge in [-0.15, -0.1) is 0 Å². The van der Waals surface area contributed by atoms with Crippen LogP contribution >= 0.6 is 0 Å². The quantitative estimate of drug-likeness (QED) is 0.454. The summed E-state index contributed by atoms with van der Waals surface area (Å²) in [4.78, 5) is 8.25. The molecule has 0 aliphatic carbocycles. The Morgan fingerprint density at radius 1 is 1.43 bits per heavy atom. The van der Waals surface area contributed by atoms with Crippen LogP contribution in [0.2, 0.25) is 0 Å². The SMILES string of the molecule is CO.O=[N+]([O-])[O-].[Sm]. The zero-order chi connectivity index (χ0) is 5.58. The van der Waals surface area contributed by atoms with Crippen molar-refractivity contribution in [3.05, 3.63) is 15.3 Å². The Bertz CT molecular complexity index is 34.7. The minimum absolute atomic E-state index is 0. The molecule has 5 nitrogen and oxygen atoms in total. The van der Waals surface area contributed by atoms with Crippen molar-refractivity contribution < 1.29 is 50.6 Å². The van der Waals surface area contributed by atoms with Gasteiger partial charge in [-0.2, -0.15) is 0 Å². The Kier molecular flexibility index (Phi) is 35.9. The van der Waals surface area contributed by atoms with E-state index in [1.54, 1.807) is 0 Å². The van der Waals surface area contributed by atoms with E-state index in [1.807, 2.05) is 0 Å². The van der Waals surface area contributed by atoms with Crippen molar-refractivity contribution in [2.75, 3.05) is 7.11 Å². The maximum Gasteiger partial charge on any atom is 0.0689 e. The zero-order valence-electron chi connectivity index (χ0n) is 3.53. The third-order valence-corrected chi connectivity index (χ3v) is 0. The molecule has 0 radical (unpaired) electrons. The molecule has 0 rings (SSSR count). The summed E-state index contributed by atoms with van der Waals surface area (Å²) in [7, 11) is 1.00. The van der Waals surface area contributed by atoms with Gasteiger partial charge >= 0.3 is 0 Å². The van der Waals surface area contributed by atoms with Gasteiger partial charge in [0.15, 0.2) is 0 Å². The van der Waals surface area contributed by atoms with Crippen LogP contribution in [0.25, 0.3) is 0 Å². The summed E-state index contributed by atoms with van der Waals surface area (Å²) in [5.41, 5.74) is 0. The Morgan fingerprint density at radius 2 is 1.43 bits per heavy atom. The van der Waals surface area contributed by atoms with Gasteiger partial charge in [0.2, 0.25) is 0 Å². The molecule has 44 valence electrons. The first-order chi connectivity index (χ1) is 2.73. The predicted octanol–water partition coefficient (Wildman–Crippen LogP) is -0.631. The van der Waals surface area contributed by atoms with E-state index < -0.39 is 5.09 Å². The van der Waals surface area contributed by atoms with Crippen LogP contribution < -0.4 is 0 Å². The Labute approximate surface area is 72.5 Å². The third-order valence-electron chi connectivity index (χ3n) is 0. The molecule has 7 heavy (non-hydrogen) atoms. The monoisotopic (exact) mass is 246 g/mol. The zero-order valence-corrected chi connectivity index (χ0v) is 6.15. The van der Waals surface area contributed by atoms with Crippen LogP contribution in [0.4, 0.5) is 0 Å². The van der Waals surface area contributed by atoms with Crippen LogP contribution in [0, 0.1) is 55.7 Å². The molecular weight excluding hydrogens is 240 g/mol. The van der Waals surface area contributed by atoms with E-state index in [1.165, 1.54) is 0 Å². The van der Waals surface area contributed by atoms with Gasteiger partial charge < -0.3 is 20.4 Å². The van der Waals surface area contributed by atoms with E-state index in [2.05, 4.69) is 0 Å². The first kappa shape index (κ1) is 15.6. The number of hydrogen-bond donors (Lipinski definition) is 1. The van der Waals surface area contributed by atoms with Gasteiger partial charge in [-0.05, 0) is 0 Å². The summed E-state index contributed by atoms with van der Waals surface area (Å²) in [6.45, 7) is 0. The van der Waals surface area contributed by atoms with Gasteiger partial charge in [0.1, 0.15) is 0 Å². The van der Waals surface area contributed by atoms with Crippen molar-refractivity contribution in [2.24, 2.45) is 0 Å². The minimum Gasteiger partial charge on any atom is -0.400 e. The largest absolute Gasteiger partial charge is 0.400 e. The maximum absolute atomic E-state index is 8.25. The summed E-state index contributed by atoms with van der Waals surface area (Å²) in [6, 6.07) is 0. The first-order valence-corrected chi connectivity index (χ1v) is 0.995. The number of nitrogens with zero attached hydrogens (tertiary/aromatic N) is 1. The van der Waals surface area contributed by atoms with Crippen LogP contribution in [-0.4, -0.2) is 17.3 Å². The molecule has 0 fully saturated rings.